The van der Waals surface area contributed by atoms with E-state index in [-0.39, 0.29) is 16.8 Å². The molecule has 0 aromatic carbocycles. The van der Waals surface area contributed by atoms with Crippen LogP contribution in [0, 0.1) is 56.2 Å². The number of nitrogens with one attached hydrogen (secondary N) is 1. The third kappa shape index (κ3) is 1.42. The molecule has 6 nitrogen and oxygen atoms in total. The van der Waals surface area contributed by atoms with Crippen LogP contribution in [0.3, 0.4) is 0 Å². The van der Waals surface area contributed by atoms with Crippen molar-refractivity contribution in [1.82, 2.24) is 5.32 Å². The number of fused-ring (bicyclic) bond motifs is 2. The Balaban J connectivity index is 3.03. The molecule has 6 heteroatoms. The molecule has 3 aliphatic rings. The Morgan fingerprint density at radius 3 is 2.14 bits per heavy atom. The monoisotopic (exact) mass is 278 g/mol. The van der Waals surface area contributed by atoms with Crippen molar-refractivity contribution in [1.29, 1.82) is 21.0 Å². The number of nitrogens with two attached hydrogens (primary N) is 1. The summed E-state index contributed by atoms with van der Waals surface area (Å²) in [6, 6.07) is 7.81. The first-order chi connectivity index (χ1) is 9.74. The molecule has 1 fully saturated rings. The van der Waals surface area contributed by atoms with E-state index in [0.717, 1.165) is 0 Å². The van der Waals surface area contributed by atoms with Gasteiger partial charge in [-0.15, -0.1) is 0 Å². The quantitative estimate of drug-likeness (QED) is 0.642. The zero-order chi connectivity index (χ0) is 16.1. The second-order valence-electron chi connectivity index (χ2n) is 6.25. The highest BCUT2D eigenvalue weighted by Crippen LogP contribution is 2.62. The Morgan fingerprint density at radius 2 is 1.71 bits per heavy atom. The summed E-state index contributed by atoms with van der Waals surface area (Å²) < 4.78 is 0. The molecule has 2 heterocycles. The van der Waals surface area contributed by atoms with Crippen molar-refractivity contribution in [3.8, 4) is 24.3 Å². The maximum absolute atomic E-state index is 9.83. The van der Waals surface area contributed by atoms with Crippen molar-refractivity contribution in [2.75, 3.05) is 0 Å². The largest absolute Gasteiger partial charge is 0.399 e. The van der Waals surface area contributed by atoms with Crippen LogP contribution in [0.2, 0.25) is 0 Å². The summed E-state index contributed by atoms with van der Waals surface area (Å²) >= 11 is 0. The van der Waals surface area contributed by atoms with Gasteiger partial charge in [0.2, 0.25) is 0 Å². The summed E-state index contributed by atoms with van der Waals surface area (Å²) in [6.07, 6.45) is 0.526. The van der Waals surface area contributed by atoms with E-state index >= 15 is 0 Å². The first kappa shape index (κ1) is 14.4. The summed E-state index contributed by atoms with van der Waals surface area (Å²) in [5, 5.41) is 40.8. The Morgan fingerprint density at radius 1 is 1.14 bits per heavy atom. The molecule has 0 amide bonds. The maximum Gasteiger partial charge on any atom is 0.150 e. The number of piperidine rings is 1. The van der Waals surface area contributed by atoms with Crippen LogP contribution in [-0.4, -0.2) is 5.54 Å². The number of nitrogens with zero attached hydrogens (tertiary/aromatic N) is 4. The standard InChI is InChI=1S/C15H14N6/c1-13(2)7-14(3)11(20)10(6-18)15(13,8-19)12(21-14)9(4-16)5-17/h21H,7,20H2,1-3H3. The summed E-state index contributed by atoms with van der Waals surface area (Å²) in [7, 11) is 0. The lowest BCUT2D eigenvalue weighted by Crippen LogP contribution is -2.66. The van der Waals surface area contributed by atoms with Gasteiger partial charge in [0, 0.05) is 5.70 Å². The lowest BCUT2D eigenvalue weighted by molar-refractivity contribution is 0.0771. The molecule has 0 radical (unpaired) electrons. The van der Waals surface area contributed by atoms with Crippen molar-refractivity contribution in [2.45, 2.75) is 32.7 Å². The fourth-order valence-corrected chi connectivity index (χ4v) is 3.67. The Hall–Kier alpha value is -2.96. The van der Waals surface area contributed by atoms with Crippen molar-refractivity contribution in [3.63, 3.8) is 0 Å². The van der Waals surface area contributed by atoms with Gasteiger partial charge in [0.25, 0.3) is 0 Å². The molecule has 2 aliphatic heterocycles. The molecule has 1 aliphatic carbocycles. The average Bonchev–Trinajstić information content (AvgIpc) is 2.41. The smallest absolute Gasteiger partial charge is 0.150 e. The molecule has 3 rings (SSSR count). The maximum atomic E-state index is 9.83. The predicted molar refractivity (Wildman–Crippen MR) is 73.1 cm³/mol. The molecule has 1 saturated heterocycles. The molecule has 0 aromatic heterocycles. The van der Waals surface area contributed by atoms with Crippen LogP contribution in [0.5, 0.6) is 0 Å². The van der Waals surface area contributed by atoms with Crippen LogP contribution in [0.25, 0.3) is 0 Å². The summed E-state index contributed by atoms with van der Waals surface area (Å²) in [6.45, 7) is 5.52. The fourth-order valence-electron chi connectivity index (χ4n) is 3.67. The Kier molecular flexibility index (Phi) is 2.76. The van der Waals surface area contributed by atoms with E-state index in [0.29, 0.717) is 12.1 Å². The third-order valence-electron chi connectivity index (χ3n) is 4.58. The normalized spacial score (nSPS) is 32.2. The van der Waals surface area contributed by atoms with Gasteiger partial charge in [-0.3, -0.25) is 0 Å². The minimum Gasteiger partial charge on any atom is -0.399 e. The third-order valence-corrected chi connectivity index (χ3v) is 4.58. The van der Waals surface area contributed by atoms with Crippen LogP contribution in [0.4, 0.5) is 0 Å². The topological polar surface area (TPSA) is 133 Å². The molecule has 0 aromatic rings. The Bertz CT molecular complexity index is 742. The molecule has 0 saturated carbocycles. The predicted octanol–water partition coefficient (Wildman–Crippen LogP) is 1.33. The highest BCUT2D eigenvalue weighted by Gasteiger charge is 2.65. The van der Waals surface area contributed by atoms with Crippen molar-refractivity contribution < 1.29 is 0 Å². The molecule has 21 heavy (non-hydrogen) atoms. The van der Waals surface area contributed by atoms with Gasteiger partial charge in [-0.05, 0) is 18.8 Å². The van der Waals surface area contributed by atoms with E-state index in [4.69, 9.17) is 5.73 Å². The van der Waals surface area contributed by atoms with Crippen molar-refractivity contribution >= 4 is 0 Å². The molecular formula is C15H14N6. The van der Waals surface area contributed by atoms with Gasteiger partial charge in [-0.25, -0.2) is 0 Å². The molecule has 2 atom stereocenters. The van der Waals surface area contributed by atoms with Gasteiger partial charge in [0.15, 0.2) is 5.57 Å². The highest BCUT2D eigenvalue weighted by molar-refractivity contribution is 5.62. The van der Waals surface area contributed by atoms with Gasteiger partial charge >= 0.3 is 0 Å². The molecule has 104 valence electrons. The minimum atomic E-state index is -1.40. The molecule has 3 N–H and O–H groups in total. The van der Waals surface area contributed by atoms with Crippen LogP contribution in [0.15, 0.2) is 22.5 Å². The van der Waals surface area contributed by atoms with E-state index < -0.39 is 16.4 Å². The van der Waals surface area contributed by atoms with Crippen LogP contribution >= 0.6 is 0 Å². The zero-order valence-electron chi connectivity index (χ0n) is 12.1. The molecule has 0 spiro atoms. The Labute approximate surface area is 123 Å². The van der Waals surface area contributed by atoms with Crippen LogP contribution < -0.4 is 11.1 Å². The molecule has 2 unspecified atom stereocenters. The van der Waals surface area contributed by atoms with Gasteiger partial charge in [0.05, 0.1) is 28.9 Å². The van der Waals surface area contributed by atoms with Gasteiger partial charge in [-0.1, -0.05) is 13.8 Å². The van der Waals surface area contributed by atoms with E-state index in [1.54, 1.807) is 0 Å². The number of hydrogen-bond donors (Lipinski definition) is 2. The first-order valence-corrected chi connectivity index (χ1v) is 6.39. The van der Waals surface area contributed by atoms with Gasteiger partial charge in [-0.2, -0.15) is 21.0 Å². The number of rotatable bonds is 0. The zero-order valence-corrected chi connectivity index (χ0v) is 12.1. The number of allylic oxidation sites excluding steroid dienone is 2. The number of nitriles is 4. The number of hydrogen-bond acceptors (Lipinski definition) is 6. The SMILES string of the molecule is CC12CC(C)(C)C(C#N)(C(C#N)=C1N)C(=C(C#N)C#N)N2. The summed E-state index contributed by atoms with van der Waals surface area (Å²) in [4.78, 5) is 0. The lowest BCUT2D eigenvalue weighted by atomic mass is 9.48. The molecule has 2 bridgehead atoms. The van der Waals surface area contributed by atoms with Crippen molar-refractivity contribution in [2.24, 2.45) is 16.6 Å². The van der Waals surface area contributed by atoms with Gasteiger partial charge in [0.1, 0.15) is 17.6 Å². The van der Waals surface area contributed by atoms with E-state index in [2.05, 4.69) is 11.4 Å². The minimum absolute atomic E-state index is 0.139. The molecular weight excluding hydrogens is 264 g/mol. The average molecular weight is 278 g/mol. The van der Waals surface area contributed by atoms with Crippen LogP contribution in [-0.2, 0) is 0 Å². The van der Waals surface area contributed by atoms with Crippen LogP contribution in [0.1, 0.15) is 27.2 Å². The second-order valence-corrected chi connectivity index (χ2v) is 6.25. The van der Waals surface area contributed by atoms with Crippen molar-refractivity contribution in [3.05, 3.63) is 22.5 Å². The highest BCUT2D eigenvalue weighted by atomic mass is 15.1. The summed E-state index contributed by atoms with van der Waals surface area (Å²) in [5.41, 5.74) is 3.77. The van der Waals surface area contributed by atoms with E-state index in [9.17, 15) is 21.0 Å². The second kappa shape index (κ2) is 4.02. The van der Waals surface area contributed by atoms with E-state index in [1.165, 1.54) is 0 Å². The summed E-state index contributed by atoms with van der Waals surface area (Å²) in [5.74, 6) is 0. The fraction of sp³-hybridized carbons (Fsp3) is 0.467. The first-order valence-electron chi connectivity index (χ1n) is 6.39. The lowest BCUT2D eigenvalue weighted by Gasteiger charge is -2.59. The van der Waals surface area contributed by atoms with Gasteiger partial charge < -0.3 is 11.1 Å². The van der Waals surface area contributed by atoms with E-state index in [1.807, 2.05) is 39.0 Å².